The molecule has 0 spiro atoms. The van der Waals surface area contributed by atoms with Crippen molar-refractivity contribution in [2.75, 3.05) is 6.26 Å². The van der Waals surface area contributed by atoms with E-state index < -0.39 is 9.84 Å². The summed E-state index contributed by atoms with van der Waals surface area (Å²) in [5, 5.41) is 1.18. The van der Waals surface area contributed by atoms with Crippen LogP contribution in [0.2, 0.25) is 0 Å². The molecule has 0 rings (SSSR count). The lowest BCUT2D eigenvalue weighted by molar-refractivity contribution is 0.610. The molecular formula is C9H14O2S. The van der Waals surface area contributed by atoms with Crippen molar-refractivity contribution in [1.82, 2.24) is 0 Å². The van der Waals surface area contributed by atoms with Crippen LogP contribution in [0.25, 0.3) is 0 Å². The lowest BCUT2D eigenvalue weighted by atomic mass is 10.2. The summed E-state index contributed by atoms with van der Waals surface area (Å²) in [4.78, 5) is 0. The van der Waals surface area contributed by atoms with Gasteiger partial charge in [0.05, 0.1) is 0 Å². The van der Waals surface area contributed by atoms with Gasteiger partial charge in [0.1, 0.15) is 0 Å². The molecule has 0 N–H and O–H groups in total. The second-order valence-electron chi connectivity index (χ2n) is 2.57. The minimum atomic E-state index is -2.98. The number of hydrogen-bond acceptors (Lipinski definition) is 2. The van der Waals surface area contributed by atoms with Crippen molar-refractivity contribution in [2.24, 2.45) is 0 Å². The Kier molecular flexibility index (Phi) is 4.59. The molecule has 0 atom stereocenters. The van der Waals surface area contributed by atoms with Crippen molar-refractivity contribution >= 4 is 9.84 Å². The zero-order valence-corrected chi connectivity index (χ0v) is 8.43. The first-order chi connectivity index (χ1) is 5.45. The van der Waals surface area contributed by atoms with Gasteiger partial charge in [0, 0.05) is 11.7 Å². The molecule has 0 saturated heterocycles. The van der Waals surface area contributed by atoms with Crippen LogP contribution in [0.1, 0.15) is 13.8 Å². The Morgan fingerprint density at radius 3 is 2.33 bits per heavy atom. The predicted molar refractivity (Wildman–Crippen MR) is 52.6 cm³/mol. The van der Waals surface area contributed by atoms with Gasteiger partial charge in [0.25, 0.3) is 0 Å². The predicted octanol–water partition coefficient (Wildman–Crippen LogP) is 2.07. The summed E-state index contributed by atoms with van der Waals surface area (Å²) in [6, 6.07) is 0. The second kappa shape index (κ2) is 4.93. The summed E-state index contributed by atoms with van der Waals surface area (Å²) >= 11 is 0. The van der Waals surface area contributed by atoms with E-state index in [0.29, 0.717) is 0 Å². The number of allylic oxidation sites excluding steroid dienone is 5. The zero-order chi connectivity index (χ0) is 9.61. The Bertz CT molecular complexity index is 305. The fourth-order valence-electron chi connectivity index (χ4n) is 0.652. The smallest absolute Gasteiger partial charge is 0.168 e. The van der Waals surface area contributed by atoms with E-state index >= 15 is 0 Å². The van der Waals surface area contributed by atoms with Crippen molar-refractivity contribution in [2.45, 2.75) is 13.8 Å². The SMILES string of the molecule is C\C=C/C(C)=C\C=C\S(C)(=O)=O. The molecule has 0 bridgehead atoms. The molecule has 0 aliphatic carbocycles. The van der Waals surface area contributed by atoms with E-state index in [9.17, 15) is 8.42 Å². The maximum Gasteiger partial charge on any atom is 0.168 e. The third-order valence-electron chi connectivity index (χ3n) is 1.11. The third-order valence-corrected chi connectivity index (χ3v) is 1.77. The van der Waals surface area contributed by atoms with E-state index in [1.165, 1.54) is 17.7 Å². The van der Waals surface area contributed by atoms with E-state index in [-0.39, 0.29) is 0 Å². The maximum atomic E-state index is 10.6. The highest BCUT2D eigenvalue weighted by atomic mass is 32.2. The monoisotopic (exact) mass is 186 g/mol. The molecule has 12 heavy (non-hydrogen) atoms. The van der Waals surface area contributed by atoms with Gasteiger partial charge >= 0.3 is 0 Å². The standard InChI is InChI=1S/C9H14O2S/c1-4-6-9(2)7-5-8-12(3,10)11/h4-8H,1-3H3/b6-4-,8-5+,9-7-. The van der Waals surface area contributed by atoms with Gasteiger partial charge in [-0.3, -0.25) is 0 Å². The van der Waals surface area contributed by atoms with Gasteiger partial charge in [-0.2, -0.15) is 0 Å². The molecule has 0 aliphatic heterocycles. The van der Waals surface area contributed by atoms with Gasteiger partial charge in [-0.15, -0.1) is 0 Å². The Morgan fingerprint density at radius 1 is 1.33 bits per heavy atom. The van der Waals surface area contributed by atoms with Crippen LogP contribution in [0.5, 0.6) is 0 Å². The van der Waals surface area contributed by atoms with E-state index in [1.54, 1.807) is 6.08 Å². The van der Waals surface area contributed by atoms with Crippen LogP contribution in [-0.4, -0.2) is 14.7 Å². The van der Waals surface area contributed by atoms with Crippen LogP contribution in [0.3, 0.4) is 0 Å². The lowest BCUT2D eigenvalue weighted by Gasteiger charge is -1.86. The first-order valence-corrected chi connectivity index (χ1v) is 5.59. The molecule has 3 heteroatoms. The Hall–Kier alpha value is -0.830. The van der Waals surface area contributed by atoms with Gasteiger partial charge in [0.2, 0.25) is 0 Å². The molecule has 0 aromatic heterocycles. The van der Waals surface area contributed by atoms with E-state index in [2.05, 4.69) is 0 Å². The van der Waals surface area contributed by atoms with Crippen molar-refractivity contribution < 1.29 is 8.42 Å². The average molecular weight is 186 g/mol. The van der Waals surface area contributed by atoms with Crippen molar-refractivity contribution in [3.8, 4) is 0 Å². The molecule has 68 valence electrons. The van der Waals surface area contributed by atoms with Crippen molar-refractivity contribution in [1.29, 1.82) is 0 Å². The van der Waals surface area contributed by atoms with Crippen LogP contribution >= 0.6 is 0 Å². The summed E-state index contributed by atoms with van der Waals surface area (Å²) in [5.74, 6) is 0. The van der Waals surface area contributed by atoms with E-state index in [4.69, 9.17) is 0 Å². The summed E-state index contributed by atoms with van der Waals surface area (Å²) in [6.45, 7) is 3.82. The topological polar surface area (TPSA) is 34.1 Å². The maximum absolute atomic E-state index is 10.6. The summed E-state index contributed by atoms with van der Waals surface area (Å²) in [7, 11) is -2.98. The van der Waals surface area contributed by atoms with Crippen LogP contribution in [0.4, 0.5) is 0 Å². The van der Waals surface area contributed by atoms with E-state index in [1.807, 2.05) is 26.0 Å². The molecule has 0 unspecified atom stereocenters. The molecule has 0 radical (unpaired) electrons. The molecule has 0 fully saturated rings. The molecule has 0 aromatic carbocycles. The molecule has 0 aromatic rings. The number of rotatable bonds is 3. The Balaban J connectivity index is 4.32. The minimum Gasteiger partial charge on any atom is -0.225 e. The highest BCUT2D eigenvalue weighted by Crippen LogP contribution is 1.96. The van der Waals surface area contributed by atoms with Gasteiger partial charge < -0.3 is 0 Å². The van der Waals surface area contributed by atoms with Gasteiger partial charge in [0.15, 0.2) is 9.84 Å². The van der Waals surface area contributed by atoms with Gasteiger partial charge in [-0.05, 0) is 13.8 Å². The lowest BCUT2D eigenvalue weighted by Crippen LogP contribution is -1.86. The fourth-order valence-corrected chi connectivity index (χ4v) is 1.02. The third kappa shape index (κ3) is 7.28. The summed E-state index contributed by atoms with van der Waals surface area (Å²) in [6.07, 6.45) is 8.26. The van der Waals surface area contributed by atoms with Crippen LogP contribution in [0, 0.1) is 0 Å². The van der Waals surface area contributed by atoms with Crippen LogP contribution in [-0.2, 0) is 9.84 Å². The summed E-state index contributed by atoms with van der Waals surface area (Å²) in [5.41, 5.74) is 1.03. The zero-order valence-electron chi connectivity index (χ0n) is 7.61. The molecular weight excluding hydrogens is 172 g/mol. The number of hydrogen-bond donors (Lipinski definition) is 0. The highest BCUT2D eigenvalue weighted by molar-refractivity contribution is 7.93. The van der Waals surface area contributed by atoms with Crippen molar-refractivity contribution in [3.05, 3.63) is 35.3 Å². The molecule has 0 heterocycles. The Labute approximate surface area is 74.2 Å². The average Bonchev–Trinajstić information content (AvgIpc) is 1.84. The first-order valence-electron chi connectivity index (χ1n) is 3.63. The minimum absolute atomic E-state index is 1.03. The molecule has 0 aliphatic rings. The van der Waals surface area contributed by atoms with Crippen LogP contribution in [0.15, 0.2) is 35.3 Å². The number of sulfone groups is 1. The second-order valence-corrected chi connectivity index (χ2v) is 4.50. The summed E-state index contributed by atoms with van der Waals surface area (Å²) < 4.78 is 21.3. The largest absolute Gasteiger partial charge is 0.225 e. The highest BCUT2D eigenvalue weighted by Gasteiger charge is 1.89. The van der Waals surface area contributed by atoms with Crippen LogP contribution < -0.4 is 0 Å². The van der Waals surface area contributed by atoms with Gasteiger partial charge in [-0.25, -0.2) is 8.42 Å². The first kappa shape index (κ1) is 11.2. The van der Waals surface area contributed by atoms with Gasteiger partial charge in [-0.1, -0.05) is 29.9 Å². The van der Waals surface area contributed by atoms with Crippen molar-refractivity contribution in [3.63, 3.8) is 0 Å². The normalized spacial score (nSPS) is 14.8. The Morgan fingerprint density at radius 2 is 1.92 bits per heavy atom. The molecule has 2 nitrogen and oxygen atoms in total. The fraction of sp³-hybridized carbons (Fsp3) is 0.333. The quantitative estimate of drug-likeness (QED) is 0.632. The molecule has 0 saturated carbocycles. The van der Waals surface area contributed by atoms with E-state index in [0.717, 1.165) is 5.57 Å². The molecule has 0 amide bonds.